The van der Waals surface area contributed by atoms with Gasteiger partial charge in [-0.3, -0.25) is 4.79 Å². The zero-order valence-electron chi connectivity index (χ0n) is 9.69. The summed E-state index contributed by atoms with van der Waals surface area (Å²) in [5.41, 5.74) is 0.106. The number of amides is 1. The molecule has 0 aliphatic carbocycles. The van der Waals surface area contributed by atoms with Crippen molar-refractivity contribution in [2.45, 2.75) is 40.5 Å². The number of carbonyl (C=O) groups excluding carboxylic acids is 1. The third-order valence-corrected chi connectivity index (χ3v) is 2.32. The second-order valence-electron chi connectivity index (χ2n) is 4.98. The highest BCUT2D eigenvalue weighted by molar-refractivity contribution is 6.17. The Kier molecular flexibility index (Phi) is 6.17. The molecule has 84 valence electrons. The van der Waals surface area contributed by atoms with E-state index in [1.165, 1.54) is 0 Å². The first-order chi connectivity index (χ1) is 6.37. The average molecular weight is 220 g/mol. The Balaban J connectivity index is 3.75. The van der Waals surface area contributed by atoms with E-state index in [0.29, 0.717) is 24.8 Å². The van der Waals surface area contributed by atoms with Gasteiger partial charge in [-0.25, -0.2) is 0 Å². The highest BCUT2D eigenvalue weighted by Crippen LogP contribution is 2.19. The molecule has 0 unspecified atom stereocenters. The van der Waals surface area contributed by atoms with E-state index in [0.717, 1.165) is 6.42 Å². The van der Waals surface area contributed by atoms with Crippen molar-refractivity contribution in [3.05, 3.63) is 0 Å². The first kappa shape index (κ1) is 13.8. The van der Waals surface area contributed by atoms with Gasteiger partial charge in [0.25, 0.3) is 0 Å². The summed E-state index contributed by atoms with van der Waals surface area (Å²) >= 11 is 5.67. The van der Waals surface area contributed by atoms with Crippen molar-refractivity contribution in [1.82, 2.24) is 5.32 Å². The van der Waals surface area contributed by atoms with Crippen LogP contribution in [0.4, 0.5) is 0 Å². The average Bonchev–Trinajstić information content (AvgIpc) is 2.00. The number of carbonyl (C=O) groups is 1. The number of halogens is 1. The van der Waals surface area contributed by atoms with E-state index in [9.17, 15) is 4.79 Å². The molecule has 1 N–H and O–H groups in total. The lowest BCUT2D eigenvalue weighted by Gasteiger charge is -2.24. The zero-order valence-corrected chi connectivity index (χ0v) is 10.4. The van der Waals surface area contributed by atoms with E-state index in [1.807, 2.05) is 13.8 Å². The Labute approximate surface area is 92.4 Å². The van der Waals surface area contributed by atoms with Crippen molar-refractivity contribution < 1.29 is 4.79 Å². The van der Waals surface area contributed by atoms with Crippen LogP contribution in [0.5, 0.6) is 0 Å². The highest BCUT2D eigenvalue weighted by atomic mass is 35.5. The minimum atomic E-state index is 0.106. The van der Waals surface area contributed by atoms with Crippen molar-refractivity contribution in [2.75, 3.05) is 12.4 Å². The molecule has 14 heavy (non-hydrogen) atoms. The quantitative estimate of drug-likeness (QED) is 0.684. The molecule has 0 spiro atoms. The van der Waals surface area contributed by atoms with Gasteiger partial charge in [-0.2, -0.15) is 0 Å². The fraction of sp³-hybridized carbons (Fsp3) is 0.909. The molecule has 0 saturated heterocycles. The van der Waals surface area contributed by atoms with Gasteiger partial charge in [-0.15, -0.1) is 11.6 Å². The lowest BCUT2D eigenvalue weighted by atomic mass is 9.90. The molecular weight excluding hydrogens is 198 g/mol. The smallest absolute Gasteiger partial charge is 0.220 e. The predicted molar refractivity (Wildman–Crippen MR) is 61.6 cm³/mol. The molecule has 0 fully saturated rings. The predicted octanol–water partition coefficient (Wildman–Crippen LogP) is 2.80. The first-order valence-electron chi connectivity index (χ1n) is 5.20. The summed E-state index contributed by atoms with van der Waals surface area (Å²) in [4.78, 5) is 11.4. The molecule has 0 atom stereocenters. The fourth-order valence-electron chi connectivity index (χ4n) is 1.13. The Hall–Kier alpha value is -0.240. The van der Waals surface area contributed by atoms with E-state index in [4.69, 9.17) is 11.6 Å². The number of nitrogens with one attached hydrogen (secondary N) is 1. The SMILES string of the molecule is CC(C)CC(=O)NCC(C)(C)CCCl. The van der Waals surface area contributed by atoms with Crippen LogP contribution in [-0.4, -0.2) is 18.3 Å². The minimum Gasteiger partial charge on any atom is -0.356 e. The molecule has 3 heteroatoms. The standard InChI is InChI=1S/C11H22ClNO/c1-9(2)7-10(14)13-8-11(3,4)5-6-12/h9H,5-8H2,1-4H3,(H,13,14). The van der Waals surface area contributed by atoms with Crippen LogP contribution in [0.15, 0.2) is 0 Å². The van der Waals surface area contributed by atoms with Gasteiger partial charge in [-0.05, 0) is 17.8 Å². The third-order valence-electron chi connectivity index (χ3n) is 2.13. The van der Waals surface area contributed by atoms with Gasteiger partial charge in [0, 0.05) is 18.8 Å². The molecule has 0 aliphatic heterocycles. The Bertz CT molecular complexity index is 178. The Morgan fingerprint density at radius 2 is 2.00 bits per heavy atom. The van der Waals surface area contributed by atoms with Gasteiger partial charge < -0.3 is 5.32 Å². The van der Waals surface area contributed by atoms with E-state index in [1.54, 1.807) is 0 Å². The van der Waals surface area contributed by atoms with Gasteiger partial charge >= 0.3 is 0 Å². The van der Waals surface area contributed by atoms with Crippen LogP contribution in [0.2, 0.25) is 0 Å². The number of hydrogen-bond acceptors (Lipinski definition) is 1. The summed E-state index contributed by atoms with van der Waals surface area (Å²) in [6.07, 6.45) is 1.54. The zero-order chi connectivity index (χ0) is 11.2. The van der Waals surface area contributed by atoms with E-state index in [-0.39, 0.29) is 11.3 Å². The molecule has 0 rings (SSSR count). The number of rotatable bonds is 6. The van der Waals surface area contributed by atoms with Crippen LogP contribution >= 0.6 is 11.6 Å². The summed E-state index contributed by atoms with van der Waals surface area (Å²) in [5, 5.41) is 2.94. The second-order valence-corrected chi connectivity index (χ2v) is 5.36. The summed E-state index contributed by atoms with van der Waals surface area (Å²) in [7, 11) is 0. The molecule has 0 aromatic heterocycles. The van der Waals surface area contributed by atoms with Crippen LogP contribution in [0, 0.1) is 11.3 Å². The molecule has 0 radical (unpaired) electrons. The van der Waals surface area contributed by atoms with Crippen molar-refractivity contribution in [1.29, 1.82) is 0 Å². The lowest BCUT2D eigenvalue weighted by Crippen LogP contribution is -2.34. The molecule has 0 bridgehead atoms. The van der Waals surface area contributed by atoms with E-state index >= 15 is 0 Å². The van der Waals surface area contributed by atoms with E-state index in [2.05, 4.69) is 19.2 Å². The molecule has 0 heterocycles. The van der Waals surface area contributed by atoms with Crippen LogP contribution in [-0.2, 0) is 4.79 Å². The van der Waals surface area contributed by atoms with Gasteiger partial charge in [0.05, 0.1) is 0 Å². The third kappa shape index (κ3) is 7.19. The molecular formula is C11H22ClNO. The van der Waals surface area contributed by atoms with Crippen molar-refractivity contribution in [3.8, 4) is 0 Å². The Morgan fingerprint density at radius 3 is 2.43 bits per heavy atom. The van der Waals surface area contributed by atoms with Crippen molar-refractivity contribution in [2.24, 2.45) is 11.3 Å². The van der Waals surface area contributed by atoms with Crippen molar-refractivity contribution >= 4 is 17.5 Å². The monoisotopic (exact) mass is 219 g/mol. The molecule has 0 aromatic carbocycles. The maximum Gasteiger partial charge on any atom is 0.220 e. The minimum absolute atomic E-state index is 0.106. The van der Waals surface area contributed by atoms with Gasteiger partial charge in [0.2, 0.25) is 5.91 Å². The molecule has 0 saturated carbocycles. The van der Waals surface area contributed by atoms with Crippen LogP contribution in [0.1, 0.15) is 40.5 Å². The fourth-order valence-corrected chi connectivity index (χ4v) is 1.64. The number of alkyl halides is 1. The number of hydrogen-bond donors (Lipinski definition) is 1. The summed E-state index contributed by atoms with van der Waals surface area (Å²) < 4.78 is 0. The molecule has 1 amide bonds. The van der Waals surface area contributed by atoms with Gasteiger partial charge in [0.15, 0.2) is 0 Å². The largest absolute Gasteiger partial charge is 0.356 e. The van der Waals surface area contributed by atoms with Crippen LogP contribution < -0.4 is 5.32 Å². The second kappa shape index (κ2) is 6.28. The van der Waals surface area contributed by atoms with Crippen molar-refractivity contribution in [3.63, 3.8) is 0 Å². The lowest BCUT2D eigenvalue weighted by molar-refractivity contribution is -0.122. The van der Waals surface area contributed by atoms with E-state index < -0.39 is 0 Å². The maximum absolute atomic E-state index is 11.4. The topological polar surface area (TPSA) is 29.1 Å². The molecule has 2 nitrogen and oxygen atoms in total. The van der Waals surface area contributed by atoms with Crippen LogP contribution in [0.3, 0.4) is 0 Å². The highest BCUT2D eigenvalue weighted by Gasteiger charge is 2.18. The summed E-state index contributed by atoms with van der Waals surface area (Å²) in [6, 6.07) is 0. The van der Waals surface area contributed by atoms with Crippen LogP contribution in [0.25, 0.3) is 0 Å². The van der Waals surface area contributed by atoms with Gasteiger partial charge in [0.1, 0.15) is 0 Å². The summed E-state index contributed by atoms with van der Waals surface area (Å²) in [6.45, 7) is 9.04. The normalized spacial score (nSPS) is 11.9. The van der Waals surface area contributed by atoms with Gasteiger partial charge in [-0.1, -0.05) is 27.7 Å². The summed E-state index contributed by atoms with van der Waals surface area (Å²) in [5.74, 6) is 1.21. The molecule has 0 aliphatic rings. The first-order valence-corrected chi connectivity index (χ1v) is 5.73. The maximum atomic E-state index is 11.4. The Morgan fingerprint density at radius 1 is 1.43 bits per heavy atom. The molecule has 0 aromatic rings.